The fourth-order valence-corrected chi connectivity index (χ4v) is 5.09. The number of aryl methyl sites for hydroxylation is 1. The third kappa shape index (κ3) is 4.61. The van der Waals surface area contributed by atoms with E-state index in [1.807, 2.05) is 4.90 Å². The maximum atomic E-state index is 13.3. The number of anilines is 1. The molecule has 5 rings (SSSR count). The molecule has 0 bridgehead atoms. The van der Waals surface area contributed by atoms with E-state index in [9.17, 15) is 4.79 Å². The Kier molecular flexibility index (Phi) is 6.33. The van der Waals surface area contributed by atoms with Crippen LogP contribution in [-0.2, 0) is 12.8 Å². The summed E-state index contributed by atoms with van der Waals surface area (Å²) in [5, 5.41) is 0. The highest BCUT2D eigenvalue weighted by atomic mass is 16.2. The Labute approximate surface area is 195 Å². The minimum atomic E-state index is -0.0821. The van der Waals surface area contributed by atoms with Crippen LogP contribution in [0.1, 0.15) is 64.7 Å². The van der Waals surface area contributed by atoms with Crippen LogP contribution in [0.25, 0.3) is 0 Å². The molecule has 0 saturated carbocycles. The normalized spacial score (nSPS) is 18.2. The van der Waals surface area contributed by atoms with Gasteiger partial charge in [-0.2, -0.15) is 0 Å². The van der Waals surface area contributed by atoms with Gasteiger partial charge in [0.05, 0.1) is 6.04 Å². The Morgan fingerprint density at radius 1 is 1.00 bits per heavy atom. The molecule has 4 heterocycles. The number of carbonyl (C=O) groups is 1. The highest BCUT2D eigenvalue weighted by molar-refractivity contribution is 5.94. The van der Waals surface area contributed by atoms with E-state index in [0.717, 1.165) is 75.5 Å². The van der Waals surface area contributed by atoms with Crippen LogP contribution in [-0.4, -0.2) is 45.4 Å². The van der Waals surface area contributed by atoms with E-state index in [4.69, 9.17) is 9.97 Å². The van der Waals surface area contributed by atoms with Crippen molar-refractivity contribution in [2.75, 3.05) is 24.5 Å². The van der Waals surface area contributed by atoms with Gasteiger partial charge in [0.15, 0.2) is 5.82 Å². The second-order valence-electron chi connectivity index (χ2n) is 9.04. The van der Waals surface area contributed by atoms with Gasteiger partial charge >= 0.3 is 0 Å². The Morgan fingerprint density at radius 2 is 1.82 bits per heavy atom. The first-order valence-electron chi connectivity index (χ1n) is 12.1. The lowest BCUT2D eigenvalue weighted by molar-refractivity contribution is 0.0599. The summed E-state index contributed by atoms with van der Waals surface area (Å²) in [5.41, 5.74) is 4.34. The van der Waals surface area contributed by atoms with Crippen LogP contribution in [0.4, 0.5) is 5.82 Å². The van der Waals surface area contributed by atoms with Gasteiger partial charge in [0.25, 0.3) is 5.91 Å². The van der Waals surface area contributed by atoms with Gasteiger partial charge in [0.1, 0.15) is 5.82 Å². The minimum Gasteiger partial charge on any atom is -0.356 e. The van der Waals surface area contributed by atoms with Gasteiger partial charge in [-0.25, -0.2) is 9.97 Å². The molecule has 33 heavy (non-hydrogen) atoms. The van der Waals surface area contributed by atoms with Crippen LogP contribution in [0, 0.1) is 6.92 Å². The van der Waals surface area contributed by atoms with E-state index >= 15 is 0 Å². The number of hydrogen-bond donors (Lipinski definition) is 0. The first-order valence-corrected chi connectivity index (χ1v) is 12.1. The summed E-state index contributed by atoms with van der Waals surface area (Å²) in [6.07, 6.45) is 9.50. The molecule has 1 atom stereocenters. The third-order valence-corrected chi connectivity index (χ3v) is 6.87. The molecule has 1 aromatic carbocycles. The molecule has 2 aliphatic rings. The molecule has 0 N–H and O–H groups in total. The van der Waals surface area contributed by atoms with E-state index in [2.05, 4.69) is 47.1 Å². The lowest BCUT2D eigenvalue weighted by Gasteiger charge is -2.37. The van der Waals surface area contributed by atoms with Crippen molar-refractivity contribution in [3.8, 4) is 0 Å². The van der Waals surface area contributed by atoms with Crippen molar-refractivity contribution in [1.82, 2.24) is 19.9 Å². The number of carbonyl (C=O) groups excluding carboxylic acids is 1. The molecule has 6 nitrogen and oxygen atoms in total. The van der Waals surface area contributed by atoms with Crippen LogP contribution in [0.2, 0.25) is 0 Å². The highest BCUT2D eigenvalue weighted by Gasteiger charge is 2.32. The molecule has 2 aliphatic heterocycles. The van der Waals surface area contributed by atoms with E-state index < -0.39 is 0 Å². The second-order valence-corrected chi connectivity index (χ2v) is 9.04. The second kappa shape index (κ2) is 9.69. The van der Waals surface area contributed by atoms with Crippen molar-refractivity contribution in [1.29, 1.82) is 0 Å². The number of benzene rings is 1. The Balaban J connectivity index is 1.43. The summed E-state index contributed by atoms with van der Waals surface area (Å²) >= 11 is 0. The van der Waals surface area contributed by atoms with Gasteiger partial charge in [0.2, 0.25) is 0 Å². The number of rotatable bonds is 5. The lowest BCUT2D eigenvalue weighted by atomic mass is 9.98. The SMILES string of the molecule is Cc1nc(C2CCCCN2C(=O)c2ccncc2)nc2c1CCCN2CCc1ccccc1. The van der Waals surface area contributed by atoms with E-state index in [1.165, 1.54) is 11.1 Å². The largest absolute Gasteiger partial charge is 0.356 e. The molecule has 1 amide bonds. The first kappa shape index (κ1) is 21.6. The number of hydrogen-bond acceptors (Lipinski definition) is 5. The molecule has 0 aliphatic carbocycles. The number of pyridine rings is 1. The molecule has 1 unspecified atom stereocenters. The van der Waals surface area contributed by atoms with Gasteiger partial charge in [-0.1, -0.05) is 30.3 Å². The maximum absolute atomic E-state index is 13.3. The van der Waals surface area contributed by atoms with E-state index in [1.54, 1.807) is 24.5 Å². The summed E-state index contributed by atoms with van der Waals surface area (Å²) in [5.74, 6) is 1.91. The van der Waals surface area contributed by atoms with Crippen molar-refractivity contribution in [3.05, 3.63) is 83.1 Å². The van der Waals surface area contributed by atoms with E-state index in [0.29, 0.717) is 5.56 Å². The lowest BCUT2D eigenvalue weighted by Crippen LogP contribution is -2.40. The molecule has 0 spiro atoms. The summed E-state index contributed by atoms with van der Waals surface area (Å²) in [6, 6.07) is 14.1. The Morgan fingerprint density at radius 3 is 2.64 bits per heavy atom. The Bertz CT molecular complexity index is 1100. The van der Waals surface area contributed by atoms with Gasteiger partial charge < -0.3 is 9.80 Å². The fourth-order valence-electron chi connectivity index (χ4n) is 5.09. The minimum absolute atomic E-state index is 0.0435. The summed E-state index contributed by atoms with van der Waals surface area (Å²) < 4.78 is 0. The molecular weight excluding hydrogens is 410 g/mol. The molecule has 1 saturated heterocycles. The zero-order valence-corrected chi connectivity index (χ0v) is 19.3. The van der Waals surface area contributed by atoms with Crippen molar-refractivity contribution in [2.24, 2.45) is 0 Å². The average Bonchev–Trinajstić information content (AvgIpc) is 2.88. The Hall–Kier alpha value is -3.28. The zero-order chi connectivity index (χ0) is 22.6. The predicted molar refractivity (Wildman–Crippen MR) is 129 cm³/mol. The van der Waals surface area contributed by atoms with Crippen molar-refractivity contribution >= 4 is 11.7 Å². The standard InChI is InChI=1S/C27H31N5O/c1-20-23-10-7-17-31(19-14-21-8-3-2-4-9-21)26(23)30-25(29-20)24-11-5-6-18-32(24)27(33)22-12-15-28-16-13-22/h2-4,8-9,12-13,15-16,24H,5-7,10-11,14,17-19H2,1H3. The highest BCUT2D eigenvalue weighted by Crippen LogP contribution is 2.34. The summed E-state index contributed by atoms with van der Waals surface area (Å²) in [4.78, 5) is 31.8. The molecule has 2 aromatic heterocycles. The zero-order valence-electron chi connectivity index (χ0n) is 19.3. The van der Waals surface area contributed by atoms with Gasteiger partial charge in [-0.3, -0.25) is 9.78 Å². The molecule has 3 aromatic rings. The molecular formula is C27H31N5O. The smallest absolute Gasteiger partial charge is 0.254 e. The number of nitrogens with zero attached hydrogens (tertiary/aromatic N) is 5. The van der Waals surface area contributed by atoms with Crippen LogP contribution in [0.3, 0.4) is 0 Å². The van der Waals surface area contributed by atoms with Gasteiger partial charge in [-0.15, -0.1) is 0 Å². The number of amides is 1. The number of likely N-dealkylation sites (tertiary alicyclic amines) is 1. The molecule has 0 radical (unpaired) electrons. The van der Waals surface area contributed by atoms with Crippen LogP contribution in [0.15, 0.2) is 54.9 Å². The summed E-state index contributed by atoms with van der Waals surface area (Å²) in [7, 11) is 0. The van der Waals surface area contributed by atoms with Crippen LogP contribution in [0.5, 0.6) is 0 Å². The number of piperidine rings is 1. The van der Waals surface area contributed by atoms with Gasteiger partial charge in [-0.05, 0) is 63.1 Å². The van der Waals surface area contributed by atoms with Crippen molar-refractivity contribution in [3.63, 3.8) is 0 Å². The van der Waals surface area contributed by atoms with Gasteiger partial charge in [0, 0.05) is 48.8 Å². The first-order chi connectivity index (χ1) is 16.2. The molecule has 1 fully saturated rings. The number of aromatic nitrogens is 3. The summed E-state index contributed by atoms with van der Waals surface area (Å²) in [6.45, 7) is 4.79. The fraction of sp³-hybridized carbons (Fsp3) is 0.407. The van der Waals surface area contributed by atoms with E-state index in [-0.39, 0.29) is 11.9 Å². The van der Waals surface area contributed by atoms with Crippen LogP contribution >= 0.6 is 0 Å². The van der Waals surface area contributed by atoms with Crippen LogP contribution < -0.4 is 4.90 Å². The quantitative estimate of drug-likeness (QED) is 0.582. The number of fused-ring (bicyclic) bond motifs is 1. The topological polar surface area (TPSA) is 62.2 Å². The molecule has 6 heteroatoms. The predicted octanol–water partition coefficient (Wildman–Crippen LogP) is 4.54. The average molecular weight is 442 g/mol. The monoisotopic (exact) mass is 441 g/mol. The van der Waals surface area contributed by atoms with Crippen molar-refractivity contribution in [2.45, 2.75) is 51.5 Å². The molecule has 170 valence electrons. The maximum Gasteiger partial charge on any atom is 0.254 e. The van der Waals surface area contributed by atoms with Crippen molar-refractivity contribution < 1.29 is 4.79 Å². The third-order valence-electron chi connectivity index (χ3n) is 6.87.